The van der Waals surface area contributed by atoms with Gasteiger partial charge in [0.05, 0.1) is 12.2 Å². The number of amides is 1. The summed E-state index contributed by atoms with van der Waals surface area (Å²) in [7, 11) is 0. The van der Waals surface area contributed by atoms with Gasteiger partial charge in [-0.25, -0.2) is 4.79 Å². The van der Waals surface area contributed by atoms with Crippen molar-refractivity contribution in [2.75, 3.05) is 19.7 Å². The minimum absolute atomic E-state index is 0.250. The number of hydrogen-bond donors (Lipinski definition) is 2. The standard InChI is InChI=1S/C15H21NO4/c17-12-15(19)7-4-9-16(10-8-15)14(18)20-11-13-5-2-1-3-6-13/h1-3,5-6,17,19H,4,7-12H2. The first-order valence-electron chi connectivity index (χ1n) is 6.92. The Balaban J connectivity index is 1.84. The van der Waals surface area contributed by atoms with Crippen molar-refractivity contribution >= 4 is 6.09 Å². The number of hydrogen-bond acceptors (Lipinski definition) is 4. The number of carbonyl (C=O) groups is 1. The highest BCUT2D eigenvalue weighted by atomic mass is 16.6. The highest BCUT2D eigenvalue weighted by Crippen LogP contribution is 2.22. The summed E-state index contributed by atoms with van der Waals surface area (Å²) in [5, 5.41) is 19.2. The topological polar surface area (TPSA) is 70.0 Å². The van der Waals surface area contributed by atoms with Crippen LogP contribution in [0.1, 0.15) is 24.8 Å². The van der Waals surface area contributed by atoms with Crippen LogP contribution in [-0.4, -0.2) is 46.5 Å². The van der Waals surface area contributed by atoms with Gasteiger partial charge in [0.15, 0.2) is 0 Å². The molecule has 1 unspecified atom stereocenters. The number of ether oxygens (including phenoxy) is 1. The smallest absolute Gasteiger partial charge is 0.410 e. The van der Waals surface area contributed by atoms with Crippen molar-refractivity contribution in [2.45, 2.75) is 31.5 Å². The first kappa shape index (κ1) is 14.8. The van der Waals surface area contributed by atoms with Gasteiger partial charge in [-0.1, -0.05) is 30.3 Å². The summed E-state index contributed by atoms with van der Waals surface area (Å²) < 4.78 is 5.27. The fourth-order valence-corrected chi connectivity index (χ4v) is 2.33. The Labute approximate surface area is 118 Å². The number of likely N-dealkylation sites (tertiary alicyclic amines) is 1. The van der Waals surface area contributed by atoms with Gasteiger partial charge in [0.25, 0.3) is 0 Å². The summed E-state index contributed by atoms with van der Waals surface area (Å²) >= 11 is 0. The lowest BCUT2D eigenvalue weighted by Gasteiger charge is -2.24. The molecule has 1 saturated heterocycles. The number of carbonyl (C=O) groups excluding carboxylic acids is 1. The maximum absolute atomic E-state index is 12.0. The summed E-state index contributed by atoms with van der Waals surface area (Å²) in [6.45, 7) is 0.945. The second-order valence-corrected chi connectivity index (χ2v) is 5.26. The van der Waals surface area contributed by atoms with E-state index in [-0.39, 0.29) is 19.3 Å². The van der Waals surface area contributed by atoms with E-state index < -0.39 is 5.60 Å². The second kappa shape index (κ2) is 6.72. The molecule has 1 heterocycles. The van der Waals surface area contributed by atoms with Crippen LogP contribution in [0.2, 0.25) is 0 Å². The van der Waals surface area contributed by atoms with Crippen LogP contribution in [0.3, 0.4) is 0 Å². The molecule has 1 amide bonds. The molecule has 110 valence electrons. The zero-order valence-corrected chi connectivity index (χ0v) is 11.5. The summed E-state index contributed by atoms with van der Waals surface area (Å²) in [5.74, 6) is 0. The molecule has 1 fully saturated rings. The van der Waals surface area contributed by atoms with E-state index in [4.69, 9.17) is 9.84 Å². The molecule has 1 aliphatic rings. The van der Waals surface area contributed by atoms with Gasteiger partial charge in [-0.3, -0.25) is 0 Å². The zero-order chi connectivity index (χ0) is 14.4. The van der Waals surface area contributed by atoms with Gasteiger partial charge in [0.1, 0.15) is 6.61 Å². The van der Waals surface area contributed by atoms with Gasteiger partial charge in [-0.2, -0.15) is 0 Å². The summed E-state index contributed by atoms with van der Waals surface area (Å²) in [5.41, 5.74) is -0.114. The Bertz CT molecular complexity index is 437. The molecule has 5 heteroatoms. The van der Waals surface area contributed by atoms with Crippen molar-refractivity contribution in [2.24, 2.45) is 0 Å². The number of rotatable bonds is 3. The normalized spacial score (nSPS) is 23.2. The third-order valence-corrected chi connectivity index (χ3v) is 3.67. The van der Waals surface area contributed by atoms with Crippen LogP contribution >= 0.6 is 0 Å². The molecule has 0 saturated carbocycles. The number of aliphatic hydroxyl groups is 2. The van der Waals surface area contributed by atoms with Gasteiger partial charge >= 0.3 is 6.09 Å². The van der Waals surface area contributed by atoms with Crippen LogP contribution in [-0.2, 0) is 11.3 Å². The molecular formula is C15H21NO4. The van der Waals surface area contributed by atoms with E-state index in [0.717, 1.165) is 5.56 Å². The lowest BCUT2D eigenvalue weighted by molar-refractivity contribution is -0.0253. The molecule has 2 rings (SSSR count). The predicted molar refractivity (Wildman–Crippen MR) is 74.1 cm³/mol. The van der Waals surface area contributed by atoms with Crippen molar-refractivity contribution in [3.8, 4) is 0 Å². The molecule has 0 aliphatic carbocycles. The van der Waals surface area contributed by atoms with Gasteiger partial charge in [-0.05, 0) is 24.8 Å². The lowest BCUT2D eigenvalue weighted by Crippen LogP contribution is -2.36. The van der Waals surface area contributed by atoms with Crippen LogP contribution < -0.4 is 0 Å². The molecular weight excluding hydrogens is 258 g/mol. The molecule has 1 aromatic rings. The first-order valence-corrected chi connectivity index (χ1v) is 6.92. The molecule has 0 radical (unpaired) electrons. The molecule has 2 N–H and O–H groups in total. The fourth-order valence-electron chi connectivity index (χ4n) is 2.33. The highest BCUT2D eigenvalue weighted by Gasteiger charge is 2.31. The average Bonchev–Trinajstić information content (AvgIpc) is 2.69. The SMILES string of the molecule is O=C(OCc1ccccc1)N1CCCC(O)(CO)CC1. The van der Waals surface area contributed by atoms with E-state index in [1.807, 2.05) is 30.3 Å². The maximum atomic E-state index is 12.0. The van der Waals surface area contributed by atoms with Crippen molar-refractivity contribution in [3.63, 3.8) is 0 Å². The van der Waals surface area contributed by atoms with Gasteiger partial charge < -0.3 is 19.8 Å². The first-order chi connectivity index (χ1) is 9.63. The maximum Gasteiger partial charge on any atom is 0.410 e. The largest absolute Gasteiger partial charge is 0.445 e. The van der Waals surface area contributed by atoms with Crippen molar-refractivity contribution < 1.29 is 19.7 Å². The van der Waals surface area contributed by atoms with Crippen LogP contribution in [0.5, 0.6) is 0 Å². The van der Waals surface area contributed by atoms with Gasteiger partial charge in [0.2, 0.25) is 0 Å². The Morgan fingerprint density at radius 1 is 1.25 bits per heavy atom. The van der Waals surface area contributed by atoms with E-state index in [9.17, 15) is 9.90 Å². The van der Waals surface area contributed by atoms with E-state index in [0.29, 0.717) is 32.4 Å². The van der Waals surface area contributed by atoms with Crippen molar-refractivity contribution in [3.05, 3.63) is 35.9 Å². The van der Waals surface area contributed by atoms with Crippen LogP contribution in [0.25, 0.3) is 0 Å². The van der Waals surface area contributed by atoms with Crippen molar-refractivity contribution in [1.29, 1.82) is 0 Å². The highest BCUT2D eigenvalue weighted by molar-refractivity contribution is 5.67. The third-order valence-electron chi connectivity index (χ3n) is 3.67. The fraction of sp³-hybridized carbons (Fsp3) is 0.533. The average molecular weight is 279 g/mol. The summed E-state index contributed by atoms with van der Waals surface area (Å²) in [6.07, 6.45) is 1.18. The van der Waals surface area contributed by atoms with E-state index in [2.05, 4.69) is 0 Å². The minimum Gasteiger partial charge on any atom is -0.445 e. The lowest BCUT2D eigenvalue weighted by atomic mass is 9.96. The quantitative estimate of drug-likeness (QED) is 0.880. The summed E-state index contributed by atoms with van der Waals surface area (Å²) in [4.78, 5) is 13.6. The Hall–Kier alpha value is -1.59. The number of nitrogens with zero attached hydrogens (tertiary/aromatic N) is 1. The van der Waals surface area contributed by atoms with E-state index >= 15 is 0 Å². The summed E-state index contributed by atoms with van der Waals surface area (Å²) in [6, 6.07) is 9.52. The zero-order valence-electron chi connectivity index (χ0n) is 11.5. The van der Waals surface area contributed by atoms with Crippen LogP contribution in [0.4, 0.5) is 4.79 Å². The Morgan fingerprint density at radius 3 is 2.70 bits per heavy atom. The predicted octanol–water partition coefficient (Wildman–Crippen LogP) is 1.53. The van der Waals surface area contributed by atoms with E-state index in [1.165, 1.54) is 0 Å². The molecule has 1 aliphatic heterocycles. The van der Waals surface area contributed by atoms with Crippen LogP contribution in [0, 0.1) is 0 Å². The molecule has 0 spiro atoms. The van der Waals surface area contributed by atoms with Crippen LogP contribution in [0.15, 0.2) is 30.3 Å². The third kappa shape index (κ3) is 3.95. The molecule has 5 nitrogen and oxygen atoms in total. The van der Waals surface area contributed by atoms with Gasteiger partial charge in [-0.15, -0.1) is 0 Å². The molecule has 20 heavy (non-hydrogen) atoms. The minimum atomic E-state index is -1.06. The van der Waals surface area contributed by atoms with Gasteiger partial charge in [0, 0.05) is 13.1 Å². The number of benzene rings is 1. The number of aliphatic hydroxyl groups excluding tert-OH is 1. The molecule has 1 atom stereocenters. The van der Waals surface area contributed by atoms with Crippen molar-refractivity contribution in [1.82, 2.24) is 4.90 Å². The Kier molecular flexibility index (Phi) is 4.98. The molecule has 1 aromatic carbocycles. The Morgan fingerprint density at radius 2 is 2.00 bits per heavy atom. The van der Waals surface area contributed by atoms with E-state index in [1.54, 1.807) is 4.90 Å². The molecule has 0 aromatic heterocycles. The molecule has 0 bridgehead atoms. The monoisotopic (exact) mass is 279 g/mol. The second-order valence-electron chi connectivity index (χ2n) is 5.26.